The summed E-state index contributed by atoms with van der Waals surface area (Å²) < 4.78 is 46.6. The molecule has 0 radical (unpaired) electrons. The van der Waals surface area contributed by atoms with Crippen molar-refractivity contribution in [3.05, 3.63) is 90.3 Å². The number of anilines is 1. The first-order valence-electron chi connectivity index (χ1n) is 12.4. The number of benzene rings is 2. The number of aromatic nitrogens is 1. The van der Waals surface area contributed by atoms with E-state index in [9.17, 15) is 22.8 Å². The Labute approximate surface area is 217 Å². The minimum Gasteiger partial charge on any atom is -0.494 e. The van der Waals surface area contributed by atoms with Gasteiger partial charge in [0.15, 0.2) is 0 Å². The molecule has 1 aliphatic heterocycles. The summed E-state index contributed by atoms with van der Waals surface area (Å²) in [5.41, 5.74) is 2.19. The molecule has 4 aromatic rings. The van der Waals surface area contributed by atoms with Crippen molar-refractivity contribution in [3.8, 4) is 16.9 Å². The van der Waals surface area contributed by atoms with Gasteiger partial charge in [-0.25, -0.2) is 0 Å². The van der Waals surface area contributed by atoms with E-state index in [-0.39, 0.29) is 18.8 Å². The molecule has 0 N–H and O–H groups in total. The second kappa shape index (κ2) is 10.2. The molecule has 196 valence electrons. The molecule has 0 bridgehead atoms. The number of Topliss-reactive ketones (excluding diaryl/α,β-unsaturated/α-hetero) is 1. The summed E-state index contributed by atoms with van der Waals surface area (Å²) >= 11 is 0. The molecule has 2 aromatic carbocycles. The summed E-state index contributed by atoms with van der Waals surface area (Å²) in [4.78, 5) is 30.2. The number of carbonyl (C=O) groups is 2. The smallest absolute Gasteiger partial charge is 0.416 e. The van der Waals surface area contributed by atoms with Crippen LogP contribution in [0.3, 0.4) is 0 Å². The van der Waals surface area contributed by atoms with Gasteiger partial charge in [0.2, 0.25) is 0 Å². The molecule has 38 heavy (non-hydrogen) atoms. The largest absolute Gasteiger partial charge is 0.494 e. The van der Waals surface area contributed by atoms with Crippen LogP contribution in [0.1, 0.15) is 23.0 Å². The number of alkyl halides is 3. The third-order valence-corrected chi connectivity index (χ3v) is 6.67. The topological polar surface area (TPSA) is 54.3 Å². The van der Waals surface area contributed by atoms with Crippen LogP contribution in [0.4, 0.5) is 18.9 Å². The van der Waals surface area contributed by atoms with Crippen LogP contribution in [0.2, 0.25) is 0 Å². The number of carbonyl (C=O) groups excluding carboxylic acids is 2. The van der Waals surface area contributed by atoms with Gasteiger partial charge in [-0.15, -0.1) is 0 Å². The normalized spacial score (nSPS) is 14.1. The average Bonchev–Trinajstić information content (AvgIpc) is 3.32. The number of halogens is 3. The van der Waals surface area contributed by atoms with Crippen molar-refractivity contribution >= 4 is 22.9 Å². The van der Waals surface area contributed by atoms with Crippen LogP contribution in [0, 0.1) is 0 Å². The highest BCUT2D eigenvalue weighted by atomic mass is 19.4. The first-order chi connectivity index (χ1) is 18.3. The molecular formula is C29H26F3N3O3. The fraction of sp³-hybridized carbons (Fsp3) is 0.241. The lowest BCUT2D eigenvalue weighted by Gasteiger charge is -2.36. The van der Waals surface area contributed by atoms with Gasteiger partial charge in [-0.2, -0.15) is 13.2 Å². The van der Waals surface area contributed by atoms with Crippen LogP contribution in [0.5, 0.6) is 5.75 Å². The molecule has 1 fully saturated rings. The summed E-state index contributed by atoms with van der Waals surface area (Å²) in [6.07, 6.45) is -2.68. The van der Waals surface area contributed by atoms with Gasteiger partial charge >= 0.3 is 6.18 Å². The van der Waals surface area contributed by atoms with Gasteiger partial charge < -0.3 is 18.9 Å². The molecule has 1 amide bonds. The predicted octanol–water partition coefficient (Wildman–Crippen LogP) is 5.56. The highest BCUT2D eigenvalue weighted by Gasteiger charge is 2.33. The number of hydrogen-bond donors (Lipinski definition) is 0. The zero-order valence-corrected chi connectivity index (χ0v) is 20.7. The molecule has 0 atom stereocenters. The highest BCUT2D eigenvalue weighted by molar-refractivity contribution is 6.43. The van der Waals surface area contributed by atoms with E-state index >= 15 is 0 Å². The van der Waals surface area contributed by atoms with Crippen molar-refractivity contribution in [1.29, 1.82) is 0 Å². The van der Waals surface area contributed by atoms with Gasteiger partial charge in [0.05, 0.1) is 12.2 Å². The van der Waals surface area contributed by atoms with Crippen molar-refractivity contribution in [1.82, 2.24) is 9.30 Å². The number of pyridine rings is 1. The first-order valence-corrected chi connectivity index (χ1v) is 12.4. The SMILES string of the molecule is CCOc1ccc(-c2cc3ccccn3c2C(=O)C(=O)N2CCN(c3cccc(C(F)(F)F)c3)CC2)cc1. The van der Waals surface area contributed by atoms with Crippen molar-refractivity contribution in [2.45, 2.75) is 13.1 Å². The number of piperazine rings is 1. The van der Waals surface area contributed by atoms with Gasteiger partial charge in [0.25, 0.3) is 11.7 Å². The number of rotatable bonds is 6. The van der Waals surface area contributed by atoms with E-state index in [1.807, 2.05) is 49.4 Å². The van der Waals surface area contributed by atoms with Crippen LogP contribution in [0.25, 0.3) is 16.6 Å². The number of nitrogens with zero attached hydrogens (tertiary/aromatic N) is 3. The third kappa shape index (κ3) is 4.96. The Balaban J connectivity index is 1.37. The molecule has 0 spiro atoms. The van der Waals surface area contributed by atoms with Crippen molar-refractivity contribution in [2.75, 3.05) is 37.7 Å². The fourth-order valence-corrected chi connectivity index (χ4v) is 4.76. The van der Waals surface area contributed by atoms with E-state index in [0.717, 1.165) is 23.2 Å². The Morgan fingerprint density at radius 3 is 2.32 bits per heavy atom. The molecule has 1 saturated heterocycles. The minimum atomic E-state index is -4.43. The van der Waals surface area contributed by atoms with Gasteiger partial charge in [0.1, 0.15) is 11.4 Å². The van der Waals surface area contributed by atoms with E-state index < -0.39 is 23.4 Å². The van der Waals surface area contributed by atoms with Gasteiger partial charge in [-0.1, -0.05) is 24.3 Å². The Bertz CT molecular complexity index is 1470. The molecule has 2 aromatic heterocycles. The maximum atomic E-state index is 13.6. The molecule has 0 unspecified atom stereocenters. The number of fused-ring (bicyclic) bond motifs is 1. The van der Waals surface area contributed by atoms with Gasteiger partial charge in [-0.3, -0.25) is 9.59 Å². The zero-order valence-electron chi connectivity index (χ0n) is 20.7. The monoisotopic (exact) mass is 521 g/mol. The summed E-state index contributed by atoms with van der Waals surface area (Å²) in [5.74, 6) is -0.556. The number of hydrogen-bond acceptors (Lipinski definition) is 4. The van der Waals surface area contributed by atoms with Crippen LogP contribution in [-0.2, 0) is 11.0 Å². The maximum absolute atomic E-state index is 13.6. The standard InChI is InChI=1S/C29H26F3N3O3/c1-2-38-24-11-9-20(10-12-24)25-19-23-7-3-4-13-35(23)26(25)27(36)28(37)34-16-14-33(15-17-34)22-8-5-6-21(18-22)29(30,31)32/h3-13,18-19H,2,14-17H2,1H3. The Morgan fingerprint density at radius 2 is 1.63 bits per heavy atom. The summed E-state index contributed by atoms with van der Waals surface area (Å²) in [7, 11) is 0. The molecule has 0 aliphatic carbocycles. The Morgan fingerprint density at radius 1 is 0.895 bits per heavy atom. The molecule has 0 saturated carbocycles. The summed E-state index contributed by atoms with van der Waals surface area (Å²) in [6.45, 7) is 3.53. The molecule has 1 aliphatic rings. The van der Waals surface area contributed by atoms with Crippen molar-refractivity contribution in [2.24, 2.45) is 0 Å². The Kier molecular flexibility index (Phi) is 6.84. The lowest BCUT2D eigenvalue weighted by Crippen LogP contribution is -2.50. The minimum absolute atomic E-state index is 0.225. The fourth-order valence-electron chi connectivity index (χ4n) is 4.76. The Hall–Kier alpha value is -4.27. The van der Waals surface area contributed by atoms with Crippen LogP contribution in [-0.4, -0.2) is 53.8 Å². The van der Waals surface area contributed by atoms with Crippen LogP contribution in [0.15, 0.2) is 79.0 Å². The summed E-state index contributed by atoms with van der Waals surface area (Å²) in [5, 5.41) is 0. The van der Waals surface area contributed by atoms with E-state index in [2.05, 4.69) is 0 Å². The lowest BCUT2D eigenvalue weighted by molar-refractivity contribution is -0.137. The maximum Gasteiger partial charge on any atom is 0.416 e. The summed E-state index contributed by atoms with van der Waals surface area (Å²) in [6, 6.07) is 19.9. The molecule has 9 heteroatoms. The van der Waals surface area contributed by atoms with E-state index in [1.54, 1.807) is 27.6 Å². The predicted molar refractivity (Wildman–Crippen MR) is 139 cm³/mol. The zero-order chi connectivity index (χ0) is 26.9. The third-order valence-electron chi connectivity index (χ3n) is 6.67. The van der Waals surface area contributed by atoms with E-state index in [4.69, 9.17) is 4.74 Å². The van der Waals surface area contributed by atoms with Crippen LogP contribution >= 0.6 is 0 Å². The van der Waals surface area contributed by atoms with Crippen molar-refractivity contribution in [3.63, 3.8) is 0 Å². The second-order valence-corrected chi connectivity index (χ2v) is 9.02. The highest BCUT2D eigenvalue weighted by Crippen LogP contribution is 2.33. The number of amides is 1. The first kappa shape index (κ1) is 25.4. The van der Waals surface area contributed by atoms with Crippen LogP contribution < -0.4 is 9.64 Å². The van der Waals surface area contributed by atoms with Crippen molar-refractivity contribution < 1.29 is 27.5 Å². The number of ketones is 1. The van der Waals surface area contributed by atoms with E-state index in [0.29, 0.717) is 36.7 Å². The quantitative estimate of drug-likeness (QED) is 0.247. The molecular weight excluding hydrogens is 495 g/mol. The molecule has 5 rings (SSSR count). The lowest BCUT2D eigenvalue weighted by atomic mass is 10.0. The molecule has 3 heterocycles. The average molecular weight is 522 g/mol. The number of ether oxygens (including phenoxy) is 1. The molecule has 6 nitrogen and oxygen atoms in total. The second-order valence-electron chi connectivity index (χ2n) is 9.02. The van der Waals surface area contributed by atoms with E-state index in [1.165, 1.54) is 11.0 Å². The van der Waals surface area contributed by atoms with Gasteiger partial charge in [0, 0.05) is 49.1 Å². The van der Waals surface area contributed by atoms with Gasteiger partial charge in [-0.05, 0) is 61.0 Å².